The first-order chi connectivity index (χ1) is 15.4. The van der Waals surface area contributed by atoms with Gasteiger partial charge in [0.1, 0.15) is 0 Å². The SMILES string of the molecule is Cn1nc(CC(=O)Nc2ccccc2C(=O)Nc2ccc(Cl)cc2)c2ccccc2c1=O. The number of amides is 2. The molecule has 0 saturated carbocycles. The van der Waals surface area contributed by atoms with E-state index in [9.17, 15) is 14.4 Å². The molecule has 0 fully saturated rings. The van der Waals surface area contributed by atoms with Crippen molar-refractivity contribution in [2.24, 2.45) is 7.05 Å². The Morgan fingerprint density at radius 1 is 0.906 bits per heavy atom. The fraction of sp³-hybridized carbons (Fsp3) is 0.0833. The monoisotopic (exact) mass is 446 g/mol. The first-order valence-electron chi connectivity index (χ1n) is 9.83. The van der Waals surface area contributed by atoms with Crippen molar-refractivity contribution in [3.05, 3.63) is 99.4 Å². The van der Waals surface area contributed by atoms with Crippen molar-refractivity contribution >= 4 is 45.6 Å². The van der Waals surface area contributed by atoms with Gasteiger partial charge in [0.05, 0.1) is 28.8 Å². The number of rotatable bonds is 5. The van der Waals surface area contributed by atoms with E-state index in [0.29, 0.717) is 38.4 Å². The van der Waals surface area contributed by atoms with E-state index in [0.717, 1.165) is 0 Å². The number of benzene rings is 3. The van der Waals surface area contributed by atoms with Crippen LogP contribution in [0, 0.1) is 0 Å². The van der Waals surface area contributed by atoms with Gasteiger partial charge in [-0.25, -0.2) is 4.68 Å². The van der Waals surface area contributed by atoms with E-state index in [1.807, 2.05) is 0 Å². The van der Waals surface area contributed by atoms with Crippen LogP contribution in [0.15, 0.2) is 77.6 Å². The lowest BCUT2D eigenvalue weighted by atomic mass is 10.1. The molecule has 0 atom stereocenters. The number of nitrogens with zero attached hydrogens (tertiary/aromatic N) is 2. The summed E-state index contributed by atoms with van der Waals surface area (Å²) in [7, 11) is 1.55. The zero-order valence-electron chi connectivity index (χ0n) is 17.1. The van der Waals surface area contributed by atoms with E-state index in [1.165, 1.54) is 4.68 Å². The largest absolute Gasteiger partial charge is 0.325 e. The van der Waals surface area contributed by atoms with Crippen LogP contribution in [0.3, 0.4) is 0 Å². The van der Waals surface area contributed by atoms with Crippen LogP contribution in [0.5, 0.6) is 0 Å². The van der Waals surface area contributed by atoms with Crippen molar-refractivity contribution in [1.82, 2.24) is 9.78 Å². The second kappa shape index (κ2) is 9.03. The van der Waals surface area contributed by atoms with Crippen molar-refractivity contribution in [2.75, 3.05) is 10.6 Å². The summed E-state index contributed by atoms with van der Waals surface area (Å²) in [5.41, 5.74) is 1.52. The zero-order chi connectivity index (χ0) is 22.7. The molecule has 32 heavy (non-hydrogen) atoms. The van der Waals surface area contributed by atoms with Gasteiger partial charge in [0.25, 0.3) is 11.5 Å². The maximum Gasteiger partial charge on any atom is 0.274 e. The summed E-state index contributed by atoms with van der Waals surface area (Å²) in [6.45, 7) is 0. The summed E-state index contributed by atoms with van der Waals surface area (Å²) in [6, 6.07) is 20.5. The third-order valence-electron chi connectivity index (χ3n) is 4.91. The Morgan fingerprint density at radius 3 is 2.31 bits per heavy atom. The molecule has 0 radical (unpaired) electrons. The highest BCUT2D eigenvalue weighted by molar-refractivity contribution is 6.30. The minimum Gasteiger partial charge on any atom is -0.325 e. The van der Waals surface area contributed by atoms with E-state index in [4.69, 9.17) is 11.6 Å². The molecule has 0 unspecified atom stereocenters. The fourth-order valence-electron chi connectivity index (χ4n) is 3.37. The van der Waals surface area contributed by atoms with Crippen LogP contribution in [0.25, 0.3) is 10.8 Å². The third kappa shape index (κ3) is 4.53. The van der Waals surface area contributed by atoms with E-state index < -0.39 is 0 Å². The first kappa shape index (κ1) is 21.3. The average Bonchev–Trinajstić information content (AvgIpc) is 2.79. The number of nitrogens with one attached hydrogen (secondary N) is 2. The Kier molecular flexibility index (Phi) is 6.00. The van der Waals surface area contributed by atoms with E-state index in [2.05, 4.69) is 15.7 Å². The normalized spacial score (nSPS) is 10.7. The molecule has 1 heterocycles. The molecule has 3 aromatic carbocycles. The van der Waals surface area contributed by atoms with Gasteiger partial charge in [0.15, 0.2) is 0 Å². The highest BCUT2D eigenvalue weighted by Crippen LogP contribution is 2.20. The van der Waals surface area contributed by atoms with E-state index in [-0.39, 0.29) is 23.8 Å². The number of carbonyl (C=O) groups is 2. The molecule has 7 nitrogen and oxygen atoms in total. The quantitative estimate of drug-likeness (QED) is 0.484. The van der Waals surface area contributed by atoms with Gasteiger partial charge in [-0.1, -0.05) is 41.9 Å². The number of para-hydroxylation sites is 1. The molecule has 0 aliphatic heterocycles. The van der Waals surface area contributed by atoms with Gasteiger partial charge in [-0.3, -0.25) is 14.4 Å². The molecule has 0 aliphatic carbocycles. The molecule has 8 heteroatoms. The number of fused-ring (bicyclic) bond motifs is 1. The standard InChI is InChI=1S/C24H19ClN4O3/c1-29-24(32)18-7-3-2-6-17(18)21(28-29)14-22(30)27-20-9-5-4-8-19(20)23(31)26-16-12-10-15(25)11-13-16/h2-13H,14H2,1H3,(H,26,31)(H,27,30). The van der Waals surface area contributed by atoms with Crippen molar-refractivity contribution in [3.63, 3.8) is 0 Å². The molecule has 0 spiro atoms. The average molecular weight is 447 g/mol. The number of carbonyl (C=O) groups excluding carboxylic acids is 2. The Hall–Kier alpha value is -3.97. The lowest BCUT2D eigenvalue weighted by molar-refractivity contribution is -0.115. The molecular weight excluding hydrogens is 428 g/mol. The van der Waals surface area contributed by atoms with E-state index >= 15 is 0 Å². The fourth-order valence-corrected chi connectivity index (χ4v) is 3.50. The van der Waals surface area contributed by atoms with Gasteiger partial charge >= 0.3 is 0 Å². The molecule has 160 valence electrons. The maximum atomic E-state index is 12.8. The topological polar surface area (TPSA) is 93.1 Å². The smallest absolute Gasteiger partial charge is 0.274 e. The van der Waals surface area contributed by atoms with Crippen molar-refractivity contribution in [2.45, 2.75) is 6.42 Å². The van der Waals surface area contributed by atoms with Gasteiger partial charge in [-0.05, 0) is 42.5 Å². The lowest BCUT2D eigenvalue weighted by Crippen LogP contribution is -2.24. The Balaban J connectivity index is 1.55. The highest BCUT2D eigenvalue weighted by atomic mass is 35.5. The van der Waals surface area contributed by atoms with Crippen LogP contribution in [-0.2, 0) is 18.3 Å². The highest BCUT2D eigenvalue weighted by Gasteiger charge is 2.16. The number of anilines is 2. The van der Waals surface area contributed by atoms with Gasteiger partial charge < -0.3 is 10.6 Å². The van der Waals surface area contributed by atoms with Crippen molar-refractivity contribution in [1.29, 1.82) is 0 Å². The molecular formula is C24H19ClN4O3. The Morgan fingerprint density at radius 2 is 1.56 bits per heavy atom. The molecule has 4 aromatic rings. The minimum atomic E-state index is -0.367. The summed E-state index contributed by atoms with van der Waals surface area (Å²) in [5.74, 6) is -0.720. The van der Waals surface area contributed by atoms with Crippen LogP contribution in [0.4, 0.5) is 11.4 Å². The number of halogens is 1. The zero-order valence-corrected chi connectivity index (χ0v) is 17.9. The molecule has 0 aliphatic rings. The van der Waals surface area contributed by atoms with Crippen LogP contribution < -0.4 is 16.2 Å². The minimum absolute atomic E-state index is 0.0538. The molecule has 2 amide bonds. The van der Waals surface area contributed by atoms with Crippen molar-refractivity contribution in [3.8, 4) is 0 Å². The van der Waals surface area contributed by atoms with Crippen LogP contribution >= 0.6 is 11.6 Å². The summed E-state index contributed by atoms with van der Waals surface area (Å²) < 4.78 is 1.22. The second-order valence-corrected chi connectivity index (χ2v) is 7.59. The molecule has 1 aromatic heterocycles. The molecule has 2 N–H and O–H groups in total. The van der Waals surface area contributed by atoms with Gasteiger partial charge in [0, 0.05) is 23.1 Å². The van der Waals surface area contributed by atoms with E-state index in [1.54, 1.807) is 79.8 Å². The predicted molar refractivity (Wildman–Crippen MR) is 125 cm³/mol. The number of hydrogen-bond acceptors (Lipinski definition) is 4. The molecule has 0 saturated heterocycles. The number of aryl methyl sites for hydroxylation is 1. The summed E-state index contributed by atoms with van der Waals surface area (Å²) in [4.78, 5) is 37.9. The summed E-state index contributed by atoms with van der Waals surface area (Å²) >= 11 is 5.88. The second-order valence-electron chi connectivity index (χ2n) is 7.15. The van der Waals surface area contributed by atoms with Crippen LogP contribution in [0.1, 0.15) is 16.1 Å². The van der Waals surface area contributed by atoms with Crippen LogP contribution in [-0.4, -0.2) is 21.6 Å². The van der Waals surface area contributed by atoms with Gasteiger partial charge in [-0.15, -0.1) is 0 Å². The Bertz CT molecular complexity index is 1380. The van der Waals surface area contributed by atoms with Crippen LogP contribution in [0.2, 0.25) is 5.02 Å². The van der Waals surface area contributed by atoms with Crippen molar-refractivity contribution < 1.29 is 9.59 Å². The first-order valence-corrected chi connectivity index (χ1v) is 10.2. The third-order valence-corrected chi connectivity index (χ3v) is 5.16. The summed E-state index contributed by atoms with van der Waals surface area (Å²) in [6.07, 6.45) is -0.0538. The number of hydrogen-bond donors (Lipinski definition) is 2. The maximum absolute atomic E-state index is 12.8. The van der Waals surface area contributed by atoms with Gasteiger partial charge in [0.2, 0.25) is 5.91 Å². The number of aromatic nitrogens is 2. The lowest BCUT2D eigenvalue weighted by Gasteiger charge is -2.12. The molecule has 0 bridgehead atoms. The van der Waals surface area contributed by atoms with Gasteiger partial charge in [-0.2, -0.15) is 5.10 Å². The predicted octanol–water partition coefficient (Wildman–Crippen LogP) is 4.02. The molecule has 4 rings (SSSR count). The summed E-state index contributed by atoms with van der Waals surface area (Å²) in [5, 5.41) is 11.5. The Labute approximate surface area is 188 Å².